The number of aliphatic hydroxyl groups is 1. The molecule has 0 saturated carbocycles. The second-order valence-corrected chi connectivity index (χ2v) is 5.00. The zero-order valence-corrected chi connectivity index (χ0v) is 11.5. The number of likely N-dealkylation sites (tertiary alicyclic amines) is 1. The average Bonchev–Trinajstić information content (AvgIpc) is 2.92. The minimum absolute atomic E-state index is 0.0709. The van der Waals surface area contributed by atoms with Crippen molar-refractivity contribution in [2.24, 2.45) is 5.11 Å². The standard InChI is InChI=1S/C13H21N5O2/c14-16-11-3-6-18(7-4-11)13(20)2-1-12-15-5-8-17(12)9-10-19/h5,8,11,14,19H,1-4,6-7,9-10H2. The molecule has 0 aromatic carbocycles. The van der Waals surface area contributed by atoms with Gasteiger partial charge in [-0.15, -0.1) is 0 Å². The van der Waals surface area contributed by atoms with Gasteiger partial charge in [0, 0.05) is 44.9 Å². The van der Waals surface area contributed by atoms with Crippen LogP contribution in [0.2, 0.25) is 0 Å². The molecular formula is C13H21N5O2. The van der Waals surface area contributed by atoms with Gasteiger partial charge in [-0.1, -0.05) is 0 Å². The summed E-state index contributed by atoms with van der Waals surface area (Å²) < 4.78 is 1.87. The molecule has 1 aromatic rings. The molecule has 0 spiro atoms. The van der Waals surface area contributed by atoms with Crippen molar-refractivity contribution in [1.82, 2.24) is 14.5 Å². The first-order valence-electron chi connectivity index (χ1n) is 6.99. The molecule has 7 nitrogen and oxygen atoms in total. The molecule has 1 saturated heterocycles. The molecule has 2 rings (SSSR count). The summed E-state index contributed by atoms with van der Waals surface area (Å²) in [5.74, 6) is 0.968. The number of hydrogen-bond acceptors (Lipinski definition) is 5. The molecule has 0 radical (unpaired) electrons. The van der Waals surface area contributed by atoms with E-state index in [0.717, 1.165) is 18.7 Å². The third-order valence-corrected chi connectivity index (χ3v) is 3.70. The Bertz CT molecular complexity index is 451. The summed E-state index contributed by atoms with van der Waals surface area (Å²) in [5, 5.41) is 12.5. The Morgan fingerprint density at radius 2 is 2.25 bits per heavy atom. The second-order valence-electron chi connectivity index (χ2n) is 5.00. The highest BCUT2D eigenvalue weighted by molar-refractivity contribution is 5.76. The largest absolute Gasteiger partial charge is 0.395 e. The smallest absolute Gasteiger partial charge is 0.223 e. The maximum atomic E-state index is 12.1. The van der Waals surface area contributed by atoms with Crippen LogP contribution in [0.1, 0.15) is 25.1 Å². The van der Waals surface area contributed by atoms with Gasteiger partial charge in [0.15, 0.2) is 0 Å². The van der Waals surface area contributed by atoms with Gasteiger partial charge in [0.2, 0.25) is 5.91 Å². The summed E-state index contributed by atoms with van der Waals surface area (Å²) in [7, 11) is 0. The van der Waals surface area contributed by atoms with Gasteiger partial charge in [0.05, 0.1) is 12.6 Å². The third-order valence-electron chi connectivity index (χ3n) is 3.70. The monoisotopic (exact) mass is 279 g/mol. The van der Waals surface area contributed by atoms with E-state index in [1.54, 1.807) is 6.20 Å². The summed E-state index contributed by atoms with van der Waals surface area (Å²) >= 11 is 0. The first kappa shape index (κ1) is 14.6. The molecule has 2 N–H and O–H groups in total. The van der Waals surface area contributed by atoms with Crippen LogP contribution in [0.15, 0.2) is 17.5 Å². The molecule has 1 fully saturated rings. The number of carbonyl (C=O) groups is 1. The van der Waals surface area contributed by atoms with Crippen molar-refractivity contribution in [3.05, 3.63) is 18.2 Å². The first-order chi connectivity index (χ1) is 9.74. The Balaban J connectivity index is 1.80. The van der Waals surface area contributed by atoms with E-state index in [0.29, 0.717) is 32.5 Å². The van der Waals surface area contributed by atoms with E-state index in [-0.39, 0.29) is 18.6 Å². The number of carbonyl (C=O) groups excluding carboxylic acids is 1. The van der Waals surface area contributed by atoms with E-state index < -0.39 is 0 Å². The van der Waals surface area contributed by atoms with Gasteiger partial charge in [0.1, 0.15) is 5.82 Å². The zero-order chi connectivity index (χ0) is 14.4. The van der Waals surface area contributed by atoms with Crippen LogP contribution in [0, 0.1) is 5.53 Å². The number of aromatic nitrogens is 2. The van der Waals surface area contributed by atoms with Gasteiger partial charge in [-0.25, -0.2) is 10.5 Å². The molecular weight excluding hydrogens is 258 g/mol. The van der Waals surface area contributed by atoms with Crippen LogP contribution in [-0.2, 0) is 17.8 Å². The molecule has 7 heteroatoms. The fraction of sp³-hybridized carbons (Fsp3) is 0.692. The van der Waals surface area contributed by atoms with Gasteiger partial charge < -0.3 is 14.6 Å². The number of aliphatic hydroxyl groups excluding tert-OH is 1. The van der Waals surface area contributed by atoms with E-state index in [2.05, 4.69) is 10.1 Å². The van der Waals surface area contributed by atoms with E-state index in [1.807, 2.05) is 15.7 Å². The lowest BCUT2D eigenvalue weighted by Gasteiger charge is -2.29. The molecule has 1 aliphatic rings. The zero-order valence-electron chi connectivity index (χ0n) is 11.5. The molecule has 2 heterocycles. The van der Waals surface area contributed by atoms with Crippen LogP contribution in [-0.4, -0.2) is 51.2 Å². The lowest BCUT2D eigenvalue weighted by Crippen LogP contribution is -2.39. The van der Waals surface area contributed by atoms with Crippen LogP contribution >= 0.6 is 0 Å². The number of imidazole rings is 1. The minimum Gasteiger partial charge on any atom is -0.395 e. The number of piperidine rings is 1. The lowest BCUT2D eigenvalue weighted by atomic mass is 10.1. The SMILES string of the molecule is N=NC1CCN(C(=O)CCc2nccn2CCO)CC1. The molecule has 1 amide bonds. The summed E-state index contributed by atoms with van der Waals surface area (Å²) in [6.45, 7) is 1.97. The highest BCUT2D eigenvalue weighted by Gasteiger charge is 2.22. The van der Waals surface area contributed by atoms with Crippen molar-refractivity contribution in [2.75, 3.05) is 19.7 Å². The number of rotatable bonds is 6. The number of amides is 1. The Kier molecular flexibility index (Phi) is 5.23. The number of nitrogens with one attached hydrogen (secondary N) is 1. The third kappa shape index (κ3) is 3.63. The van der Waals surface area contributed by atoms with Gasteiger partial charge in [-0.05, 0) is 12.8 Å². The molecule has 0 aliphatic carbocycles. The lowest BCUT2D eigenvalue weighted by molar-refractivity contribution is -0.132. The van der Waals surface area contributed by atoms with E-state index >= 15 is 0 Å². The average molecular weight is 279 g/mol. The summed E-state index contributed by atoms with van der Waals surface area (Å²) in [6, 6.07) is 0.0857. The number of nitrogens with zero attached hydrogens (tertiary/aromatic N) is 4. The van der Waals surface area contributed by atoms with Crippen molar-refractivity contribution in [2.45, 2.75) is 38.3 Å². The van der Waals surface area contributed by atoms with Crippen LogP contribution in [0.5, 0.6) is 0 Å². The molecule has 1 aromatic heterocycles. The van der Waals surface area contributed by atoms with Gasteiger partial charge in [-0.2, -0.15) is 5.11 Å². The Hall–Kier alpha value is -1.76. The van der Waals surface area contributed by atoms with Crippen molar-refractivity contribution < 1.29 is 9.90 Å². The Morgan fingerprint density at radius 1 is 1.50 bits per heavy atom. The van der Waals surface area contributed by atoms with Crippen molar-refractivity contribution in [3.63, 3.8) is 0 Å². The molecule has 110 valence electrons. The van der Waals surface area contributed by atoms with E-state index in [1.165, 1.54) is 0 Å². The van der Waals surface area contributed by atoms with Gasteiger partial charge >= 0.3 is 0 Å². The Labute approximate surface area is 118 Å². The highest BCUT2D eigenvalue weighted by Crippen LogP contribution is 2.14. The first-order valence-corrected chi connectivity index (χ1v) is 6.99. The number of hydrogen-bond donors (Lipinski definition) is 2. The topological polar surface area (TPSA) is 94.6 Å². The predicted octanol–water partition coefficient (Wildman–Crippen LogP) is 0.830. The number of aryl methyl sites for hydroxylation is 1. The molecule has 0 bridgehead atoms. The van der Waals surface area contributed by atoms with Crippen LogP contribution in [0.25, 0.3) is 0 Å². The normalized spacial score (nSPS) is 16.4. The van der Waals surface area contributed by atoms with Gasteiger partial charge in [0.25, 0.3) is 0 Å². The van der Waals surface area contributed by atoms with E-state index in [9.17, 15) is 4.79 Å². The molecule has 0 atom stereocenters. The predicted molar refractivity (Wildman–Crippen MR) is 72.4 cm³/mol. The quantitative estimate of drug-likeness (QED) is 0.755. The minimum atomic E-state index is 0.0709. The van der Waals surface area contributed by atoms with Crippen LogP contribution in [0.4, 0.5) is 0 Å². The Morgan fingerprint density at radius 3 is 2.90 bits per heavy atom. The fourth-order valence-corrected chi connectivity index (χ4v) is 2.50. The maximum Gasteiger partial charge on any atom is 0.223 e. The van der Waals surface area contributed by atoms with Crippen molar-refractivity contribution >= 4 is 5.91 Å². The molecule has 1 aliphatic heterocycles. The highest BCUT2D eigenvalue weighted by atomic mass is 16.3. The molecule has 0 unspecified atom stereocenters. The maximum absolute atomic E-state index is 12.1. The second kappa shape index (κ2) is 7.14. The van der Waals surface area contributed by atoms with Crippen molar-refractivity contribution in [3.8, 4) is 0 Å². The van der Waals surface area contributed by atoms with Crippen molar-refractivity contribution in [1.29, 1.82) is 5.53 Å². The van der Waals surface area contributed by atoms with Gasteiger partial charge in [-0.3, -0.25) is 4.79 Å². The fourth-order valence-electron chi connectivity index (χ4n) is 2.50. The van der Waals surface area contributed by atoms with E-state index in [4.69, 9.17) is 10.6 Å². The summed E-state index contributed by atoms with van der Waals surface area (Å²) in [6.07, 6.45) is 6.11. The summed E-state index contributed by atoms with van der Waals surface area (Å²) in [5.41, 5.74) is 7.00. The molecule has 20 heavy (non-hydrogen) atoms. The van der Waals surface area contributed by atoms with Crippen LogP contribution in [0.3, 0.4) is 0 Å². The van der Waals surface area contributed by atoms with Crippen LogP contribution < -0.4 is 0 Å². The summed E-state index contributed by atoms with van der Waals surface area (Å²) in [4.78, 5) is 18.2.